The molecule has 0 aromatic carbocycles. The third-order valence-electron chi connectivity index (χ3n) is 7.17. The van der Waals surface area contributed by atoms with Crippen LogP contribution >= 0.6 is 0 Å². The molecule has 0 saturated heterocycles. The first-order valence-electron chi connectivity index (χ1n) is 11.9. The van der Waals surface area contributed by atoms with Crippen LogP contribution in [0.5, 0.6) is 11.8 Å². The minimum Gasteiger partial charge on any atom is -0.489 e. The maximum atomic E-state index is 12.9. The molecule has 0 radical (unpaired) electrons. The molecule has 1 N–H and O–H groups in total. The van der Waals surface area contributed by atoms with Gasteiger partial charge in [-0.1, -0.05) is 5.21 Å². The molecule has 10 nitrogen and oxygen atoms in total. The zero-order chi connectivity index (χ0) is 26.3. The molecule has 2 aliphatic rings. The Hall–Kier alpha value is -3.77. The summed E-state index contributed by atoms with van der Waals surface area (Å²) >= 11 is 0. The number of rotatable bonds is 7. The summed E-state index contributed by atoms with van der Waals surface area (Å²) in [6.07, 6.45) is -0.490. The number of ether oxygens (including phenoxy) is 2. The molecule has 2 saturated carbocycles. The average molecular weight is 518 g/mol. The SMILES string of the molecule is Cc1nc(-c2nnn(C)c2COc2nccc(C(F)(F)F)n2)ccc1O[C@@H]1C[C@@H]2CC[C@H](C(=O)O)[C@@H]2C1. The van der Waals surface area contributed by atoms with Crippen molar-refractivity contribution < 1.29 is 32.5 Å². The first kappa shape index (κ1) is 24.9. The second kappa shape index (κ2) is 9.60. The highest BCUT2D eigenvalue weighted by atomic mass is 19.4. The Labute approximate surface area is 209 Å². The Morgan fingerprint density at radius 3 is 2.73 bits per heavy atom. The van der Waals surface area contributed by atoms with Crippen LogP contribution in [0.3, 0.4) is 0 Å². The van der Waals surface area contributed by atoms with E-state index in [1.165, 1.54) is 4.68 Å². The lowest BCUT2D eigenvalue weighted by Gasteiger charge is -2.18. The Morgan fingerprint density at radius 2 is 2.00 bits per heavy atom. The predicted octanol–water partition coefficient (Wildman–Crippen LogP) is 3.84. The van der Waals surface area contributed by atoms with Crippen LogP contribution in [0.4, 0.5) is 13.2 Å². The maximum Gasteiger partial charge on any atom is 0.433 e. The number of carboxylic acids is 1. The smallest absolute Gasteiger partial charge is 0.433 e. The lowest BCUT2D eigenvalue weighted by Crippen LogP contribution is -2.21. The van der Waals surface area contributed by atoms with Gasteiger partial charge in [0.25, 0.3) is 0 Å². The Balaban J connectivity index is 1.28. The van der Waals surface area contributed by atoms with Crippen molar-refractivity contribution in [2.45, 2.75) is 51.5 Å². The number of alkyl halides is 3. The van der Waals surface area contributed by atoms with E-state index in [1.807, 2.05) is 0 Å². The number of hydrogen-bond donors (Lipinski definition) is 1. The van der Waals surface area contributed by atoms with Gasteiger partial charge in [-0.05, 0) is 62.6 Å². The van der Waals surface area contributed by atoms with Crippen molar-refractivity contribution in [1.29, 1.82) is 0 Å². The molecule has 0 amide bonds. The number of carboxylic acid groups (broad SMARTS) is 1. The number of nitrogens with zero attached hydrogens (tertiary/aromatic N) is 6. The van der Waals surface area contributed by atoms with Crippen LogP contribution in [0.1, 0.15) is 42.8 Å². The molecule has 196 valence electrons. The van der Waals surface area contributed by atoms with Crippen molar-refractivity contribution in [3.63, 3.8) is 0 Å². The maximum absolute atomic E-state index is 12.9. The molecule has 2 fully saturated rings. The summed E-state index contributed by atoms with van der Waals surface area (Å²) in [6.45, 7) is 1.63. The van der Waals surface area contributed by atoms with Crippen LogP contribution in [0.2, 0.25) is 0 Å². The van der Waals surface area contributed by atoms with E-state index in [0.717, 1.165) is 31.5 Å². The van der Waals surface area contributed by atoms with Gasteiger partial charge in [0.1, 0.15) is 23.7 Å². The molecule has 2 aliphatic carbocycles. The molecule has 0 aliphatic heterocycles. The predicted molar refractivity (Wildman–Crippen MR) is 121 cm³/mol. The van der Waals surface area contributed by atoms with Crippen molar-refractivity contribution in [3.05, 3.63) is 41.5 Å². The molecule has 13 heteroatoms. The Bertz CT molecular complexity index is 1310. The highest BCUT2D eigenvalue weighted by molar-refractivity contribution is 5.71. The molecule has 0 spiro atoms. The van der Waals surface area contributed by atoms with E-state index in [1.54, 1.807) is 26.1 Å². The fourth-order valence-corrected chi connectivity index (χ4v) is 5.36. The number of aliphatic carboxylic acids is 1. The second-order valence-corrected chi connectivity index (χ2v) is 9.46. The minimum absolute atomic E-state index is 0.0589. The van der Waals surface area contributed by atoms with Crippen molar-refractivity contribution in [2.75, 3.05) is 0 Å². The van der Waals surface area contributed by atoms with Crippen LogP contribution < -0.4 is 9.47 Å². The zero-order valence-corrected chi connectivity index (χ0v) is 20.1. The molecule has 0 unspecified atom stereocenters. The van der Waals surface area contributed by atoms with E-state index >= 15 is 0 Å². The van der Waals surface area contributed by atoms with Crippen LogP contribution in [-0.4, -0.2) is 47.1 Å². The normalized spacial score (nSPS) is 23.2. The van der Waals surface area contributed by atoms with Crippen LogP contribution in [0.25, 0.3) is 11.4 Å². The Morgan fingerprint density at radius 1 is 1.19 bits per heavy atom. The summed E-state index contributed by atoms with van der Waals surface area (Å²) < 4.78 is 51.8. The quantitative estimate of drug-likeness (QED) is 0.497. The first-order valence-corrected chi connectivity index (χ1v) is 11.9. The average Bonchev–Trinajstić information content (AvgIpc) is 3.52. The van der Waals surface area contributed by atoms with Gasteiger partial charge < -0.3 is 14.6 Å². The molecule has 3 aromatic rings. The molecular formula is C24H25F3N6O4. The van der Waals surface area contributed by atoms with Gasteiger partial charge in [-0.2, -0.15) is 18.2 Å². The highest BCUT2D eigenvalue weighted by Gasteiger charge is 2.47. The number of aryl methyl sites for hydroxylation is 2. The van der Waals surface area contributed by atoms with Crippen molar-refractivity contribution in [1.82, 2.24) is 29.9 Å². The zero-order valence-electron chi connectivity index (χ0n) is 20.1. The van der Waals surface area contributed by atoms with Crippen LogP contribution in [0.15, 0.2) is 24.4 Å². The number of carbonyl (C=O) groups is 1. The monoisotopic (exact) mass is 518 g/mol. The second-order valence-electron chi connectivity index (χ2n) is 9.46. The number of fused-ring (bicyclic) bond motifs is 1. The lowest BCUT2D eigenvalue weighted by molar-refractivity contribution is -0.143. The summed E-state index contributed by atoms with van der Waals surface area (Å²) in [4.78, 5) is 23.3. The molecule has 3 heterocycles. The number of pyridine rings is 1. The number of hydrogen-bond acceptors (Lipinski definition) is 8. The molecular weight excluding hydrogens is 493 g/mol. The lowest BCUT2D eigenvalue weighted by atomic mass is 9.92. The van der Waals surface area contributed by atoms with Gasteiger partial charge in [0.05, 0.1) is 23.4 Å². The summed E-state index contributed by atoms with van der Waals surface area (Å²) in [7, 11) is 1.63. The van der Waals surface area contributed by atoms with E-state index < -0.39 is 23.8 Å². The van der Waals surface area contributed by atoms with E-state index in [0.29, 0.717) is 40.9 Å². The van der Waals surface area contributed by atoms with E-state index in [9.17, 15) is 23.1 Å². The standard InChI is InChI=1S/C24H25F3N6O4/c1-12-19(37-14-9-13-3-4-15(22(34)35)16(13)10-14)6-5-17(29-12)21-18(33(2)32-31-21)11-36-23-28-8-7-20(30-23)24(25,26)27/h5-8,13-16H,3-4,9-11H2,1-2H3,(H,34,35)/t13-,14+,15-,16+/m0/s1. The van der Waals surface area contributed by atoms with Crippen LogP contribution in [0, 0.1) is 24.7 Å². The molecule has 37 heavy (non-hydrogen) atoms. The Kier molecular flexibility index (Phi) is 6.46. The molecule has 0 bridgehead atoms. The topological polar surface area (TPSA) is 125 Å². The van der Waals surface area contributed by atoms with Crippen LogP contribution in [-0.2, 0) is 24.6 Å². The first-order chi connectivity index (χ1) is 17.6. The summed E-state index contributed by atoms with van der Waals surface area (Å²) in [6, 6.07) is 3.87. The van der Waals surface area contributed by atoms with Crippen molar-refractivity contribution >= 4 is 5.97 Å². The van der Waals surface area contributed by atoms with Gasteiger partial charge in [-0.3, -0.25) is 4.79 Å². The fourth-order valence-electron chi connectivity index (χ4n) is 5.36. The summed E-state index contributed by atoms with van der Waals surface area (Å²) in [5.74, 6) is 0.122. The van der Waals surface area contributed by atoms with Gasteiger partial charge in [0.2, 0.25) is 0 Å². The van der Waals surface area contributed by atoms with E-state index in [4.69, 9.17) is 9.47 Å². The van der Waals surface area contributed by atoms with Crippen molar-refractivity contribution in [3.8, 4) is 23.1 Å². The van der Waals surface area contributed by atoms with E-state index in [2.05, 4.69) is 25.3 Å². The van der Waals surface area contributed by atoms with Gasteiger partial charge in [-0.15, -0.1) is 5.10 Å². The van der Waals surface area contributed by atoms with Gasteiger partial charge in [-0.25, -0.2) is 14.6 Å². The molecule has 5 rings (SSSR count). The number of aromatic nitrogens is 6. The van der Waals surface area contributed by atoms with Crippen molar-refractivity contribution in [2.24, 2.45) is 24.8 Å². The van der Waals surface area contributed by atoms with Gasteiger partial charge in [0.15, 0.2) is 5.69 Å². The molecule has 3 aromatic heterocycles. The highest BCUT2D eigenvalue weighted by Crippen LogP contribution is 2.48. The summed E-state index contributed by atoms with van der Waals surface area (Å²) in [5.41, 5.74) is 0.908. The largest absolute Gasteiger partial charge is 0.489 e. The number of halogens is 3. The summed E-state index contributed by atoms with van der Waals surface area (Å²) in [5, 5.41) is 17.6. The third-order valence-corrected chi connectivity index (χ3v) is 7.17. The third kappa shape index (κ3) is 5.07. The minimum atomic E-state index is -4.61. The van der Waals surface area contributed by atoms with E-state index in [-0.39, 0.29) is 24.5 Å². The fraction of sp³-hybridized carbons (Fsp3) is 0.500. The molecule has 4 atom stereocenters. The van der Waals surface area contributed by atoms with Gasteiger partial charge >= 0.3 is 18.2 Å². The van der Waals surface area contributed by atoms with Gasteiger partial charge in [0, 0.05) is 13.2 Å².